The minimum absolute atomic E-state index is 0.0395. The molecule has 0 heterocycles. The third kappa shape index (κ3) is 3.95. The maximum atomic E-state index is 13.9. The lowest BCUT2D eigenvalue weighted by molar-refractivity contribution is -0.385. The summed E-state index contributed by atoms with van der Waals surface area (Å²) in [5, 5.41) is 56.6. The van der Waals surface area contributed by atoms with Gasteiger partial charge >= 0.3 is 5.69 Å². The zero-order chi connectivity index (χ0) is 29.3. The van der Waals surface area contributed by atoms with Crippen molar-refractivity contribution in [2.45, 2.75) is 38.3 Å². The number of benzene rings is 1. The number of phenolic OH excluding ortho intramolecular Hbond substituents is 1. The fourth-order valence-corrected chi connectivity index (χ4v) is 6.40. The van der Waals surface area contributed by atoms with Crippen LogP contribution in [0.25, 0.3) is 5.76 Å². The van der Waals surface area contributed by atoms with Crippen molar-refractivity contribution in [3.63, 3.8) is 0 Å². The van der Waals surface area contributed by atoms with Gasteiger partial charge in [0, 0.05) is 36.8 Å². The van der Waals surface area contributed by atoms with Gasteiger partial charge in [0.1, 0.15) is 17.1 Å². The van der Waals surface area contributed by atoms with Crippen molar-refractivity contribution in [2.75, 3.05) is 32.6 Å². The Kier molecular flexibility index (Phi) is 6.72. The van der Waals surface area contributed by atoms with E-state index in [4.69, 9.17) is 5.73 Å². The number of nitrogens with two attached hydrogens (primary N) is 1. The molecule has 13 heteroatoms. The molecule has 1 amide bonds. The number of likely N-dealkylation sites (N-methyl/N-ethyl adjacent to an activating group) is 1. The lowest BCUT2D eigenvalue weighted by Crippen LogP contribution is -2.65. The van der Waals surface area contributed by atoms with Gasteiger partial charge < -0.3 is 31.1 Å². The lowest BCUT2D eigenvalue weighted by atomic mass is 9.57. The van der Waals surface area contributed by atoms with Crippen LogP contribution in [-0.4, -0.2) is 87.1 Å². The van der Waals surface area contributed by atoms with Crippen molar-refractivity contribution in [3.05, 3.63) is 44.2 Å². The Hall–Kier alpha value is -3.97. The van der Waals surface area contributed by atoms with Crippen LogP contribution in [-0.2, 0) is 20.8 Å². The zero-order valence-corrected chi connectivity index (χ0v) is 22.3. The fourth-order valence-electron chi connectivity index (χ4n) is 6.40. The molecular formula is C26H32N4O9. The molecular weight excluding hydrogens is 512 g/mol. The summed E-state index contributed by atoms with van der Waals surface area (Å²) < 4.78 is 0. The first-order valence-electron chi connectivity index (χ1n) is 12.4. The number of carbonyl (C=O) groups excluding carboxylic acids is 3. The zero-order valence-electron chi connectivity index (χ0n) is 22.3. The van der Waals surface area contributed by atoms with Crippen molar-refractivity contribution in [2.24, 2.45) is 23.5 Å². The Morgan fingerprint density at radius 2 is 1.85 bits per heavy atom. The van der Waals surface area contributed by atoms with Crippen LogP contribution in [0.15, 0.2) is 23.0 Å². The molecule has 0 aliphatic heterocycles. The highest BCUT2D eigenvalue weighted by Crippen LogP contribution is 2.54. The Balaban J connectivity index is 2.01. The third-order valence-corrected chi connectivity index (χ3v) is 7.92. The fraction of sp³-hybridized carbons (Fsp3) is 0.500. The number of fused-ring (bicyclic) bond motifs is 3. The van der Waals surface area contributed by atoms with Crippen LogP contribution in [0.1, 0.15) is 31.4 Å². The van der Waals surface area contributed by atoms with Gasteiger partial charge in [-0.1, -0.05) is 13.8 Å². The van der Waals surface area contributed by atoms with Crippen LogP contribution in [0.4, 0.5) is 11.4 Å². The van der Waals surface area contributed by atoms with E-state index in [1.54, 1.807) is 11.9 Å². The van der Waals surface area contributed by atoms with Gasteiger partial charge in [-0.05, 0) is 44.3 Å². The molecule has 0 saturated heterocycles. The second-order valence-corrected chi connectivity index (χ2v) is 11.1. The van der Waals surface area contributed by atoms with Gasteiger partial charge in [0.25, 0.3) is 5.91 Å². The molecule has 39 heavy (non-hydrogen) atoms. The number of anilines is 1. The number of aromatic hydroxyl groups is 1. The van der Waals surface area contributed by atoms with Crippen molar-refractivity contribution in [1.82, 2.24) is 4.90 Å². The largest absolute Gasteiger partial charge is 0.508 e. The van der Waals surface area contributed by atoms with Gasteiger partial charge in [0.2, 0.25) is 11.5 Å². The van der Waals surface area contributed by atoms with E-state index < -0.39 is 74.4 Å². The summed E-state index contributed by atoms with van der Waals surface area (Å²) in [6, 6.07) is 0.0202. The smallest absolute Gasteiger partial charge is 0.313 e. The van der Waals surface area contributed by atoms with E-state index in [0.717, 1.165) is 0 Å². The molecule has 1 aromatic carbocycles. The van der Waals surface area contributed by atoms with Gasteiger partial charge in [-0.3, -0.25) is 29.4 Å². The molecule has 3 aliphatic rings. The van der Waals surface area contributed by atoms with Gasteiger partial charge in [-0.2, -0.15) is 0 Å². The number of nitrogens with zero attached hydrogens (tertiary/aromatic N) is 3. The molecule has 0 radical (unpaired) electrons. The van der Waals surface area contributed by atoms with Gasteiger partial charge in [-0.15, -0.1) is 0 Å². The minimum atomic E-state index is -2.78. The van der Waals surface area contributed by atoms with E-state index >= 15 is 0 Å². The number of nitro groups is 1. The summed E-state index contributed by atoms with van der Waals surface area (Å²) in [5.74, 6) is -7.98. The van der Waals surface area contributed by atoms with E-state index in [9.17, 15) is 44.9 Å². The molecule has 1 fully saturated rings. The second kappa shape index (κ2) is 9.35. The number of rotatable bonds is 6. The standard InChI is InChI=1S/C26H32N4O9/c1-10(2)9-29(5)14-8-15(30(38)39)20(31)17-12(14)6-11-7-13-19(28(3)4)22(33)18(25(27)36)24(35)26(13,37)23(34)16(11)21(17)32/h8,10-11,13,19,31-32,35,37H,6-7,9H2,1-5H3,(H2,27,36)/t11?,13?,19-,26-/m0/s1. The quantitative estimate of drug-likeness (QED) is 0.194. The van der Waals surface area contributed by atoms with E-state index in [0.29, 0.717) is 17.8 Å². The molecule has 1 aromatic rings. The summed E-state index contributed by atoms with van der Waals surface area (Å²) >= 11 is 0. The number of amides is 1. The monoisotopic (exact) mass is 544 g/mol. The number of Topliss-reactive ketones (excluding diaryl/α,β-unsaturated/α-hetero) is 2. The predicted molar refractivity (Wildman–Crippen MR) is 139 cm³/mol. The van der Waals surface area contributed by atoms with Crippen LogP contribution in [0.5, 0.6) is 5.75 Å². The van der Waals surface area contributed by atoms with E-state index in [-0.39, 0.29) is 29.9 Å². The molecule has 1 saturated carbocycles. The van der Waals surface area contributed by atoms with Gasteiger partial charge in [0.05, 0.1) is 16.5 Å². The van der Waals surface area contributed by atoms with Crippen molar-refractivity contribution in [1.29, 1.82) is 0 Å². The predicted octanol–water partition coefficient (Wildman–Crippen LogP) is 0.964. The molecule has 0 spiro atoms. The number of aliphatic hydroxyl groups excluding tert-OH is 2. The first-order chi connectivity index (χ1) is 18.0. The molecule has 4 atom stereocenters. The van der Waals surface area contributed by atoms with E-state index in [1.807, 2.05) is 13.8 Å². The summed E-state index contributed by atoms with van der Waals surface area (Å²) in [6.45, 7) is 4.40. The highest BCUT2D eigenvalue weighted by molar-refractivity contribution is 6.24. The molecule has 6 N–H and O–H groups in total. The van der Waals surface area contributed by atoms with Gasteiger partial charge in [-0.25, -0.2) is 0 Å². The van der Waals surface area contributed by atoms with Crippen LogP contribution < -0.4 is 10.6 Å². The molecule has 210 valence electrons. The molecule has 4 rings (SSSR count). The van der Waals surface area contributed by atoms with Crippen molar-refractivity contribution in [3.8, 4) is 5.75 Å². The SMILES string of the molecule is CC(C)CN(C)c1cc([N+](=O)[O-])c(O)c2c1CC1CC3[C@H](N(C)C)C(=O)C(C(N)=O)=C(O)[C@@]3(O)C(=O)C1=C2O. The third-order valence-electron chi connectivity index (χ3n) is 7.92. The second-order valence-electron chi connectivity index (χ2n) is 11.1. The number of ketones is 2. The van der Waals surface area contributed by atoms with Crippen LogP contribution in [0, 0.1) is 27.9 Å². The van der Waals surface area contributed by atoms with E-state index in [1.165, 1.54) is 25.1 Å². The number of phenols is 1. The minimum Gasteiger partial charge on any atom is -0.508 e. The topological polar surface area (TPSA) is 208 Å². The van der Waals surface area contributed by atoms with Gasteiger partial charge in [0.15, 0.2) is 11.4 Å². The molecule has 0 aromatic heterocycles. The Bertz CT molecular complexity index is 1380. The molecule has 13 nitrogen and oxygen atoms in total. The molecule has 3 aliphatic carbocycles. The number of hydrogen-bond donors (Lipinski definition) is 5. The summed E-state index contributed by atoms with van der Waals surface area (Å²) in [7, 11) is 4.75. The van der Waals surface area contributed by atoms with E-state index in [2.05, 4.69) is 0 Å². The maximum Gasteiger partial charge on any atom is 0.313 e. The van der Waals surface area contributed by atoms with Crippen molar-refractivity contribution >= 4 is 34.6 Å². The lowest BCUT2D eigenvalue weighted by Gasteiger charge is -2.50. The number of aliphatic hydroxyl groups is 3. The average molecular weight is 545 g/mol. The average Bonchev–Trinajstić information content (AvgIpc) is 2.80. The first kappa shape index (κ1) is 28.0. The summed E-state index contributed by atoms with van der Waals surface area (Å²) in [4.78, 5) is 53.3. The number of carbonyl (C=O) groups is 3. The summed E-state index contributed by atoms with van der Waals surface area (Å²) in [6.07, 6.45) is -0.0330. The number of hydrogen-bond acceptors (Lipinski definition) is 11. The Morgan fingerprint density at radius 1 is 1.23 bits per heavy atom. The number of primary amides is 1. The summed E-state index contributed by atoms with van der Waals surface area (Å²) in [5.41, 5.74) is 1.02. The Morgan fingerprint density at radius 3 is 2.36 bits per heavy atom. The highest BCUT2D eigenvalue weighted by Gasteiger charge is 2.64. The Labute approximate surface area is 224 Å². The normalized spacial score (nSPS) is 26.5. The van der Waals surface area contributed by atoms with Crippen LogP contribution >= 0.6 is 0 Å². The highest BCUT2D eigenvalue weighted by atomic mass is 16.6. The molecule has 0 bridgehead atoms. The van der Waals surface area contributed by atoms with Crippen molar-refractivity contribution < 1.29 is 39.7 Å². The first-order valence-corrected chi connectivity index (χ1v) is 12.4. The molecule has 2 unspecified atom stereocenters. The van der Waals surface area contributed by atoms with Crippen LogP contribution in [0.2, 0.25) is 0 Å². The maximum absolute atomic E-state index is 13.9. The number of nitro benzene ring substituents is 1. The van der Waals surface area contributed by atoms with Crippen LogP contribution in [0.3, 0.4) is 0 Å².